The van der Waals surface area contributed by atoms with Crippen molar-refractivity contribution in [1.29, 1.82) is 0 Å². The van der Waals surface area contributed by atoms with Crippen LogP contribution in [0.15, 0.2) is 91.0 Å². The Hall–Kier alpha value is -3.36. The van der Waals surface area contributed by atoms with Crippen molar-refractivity contribution in [2.45, 2.75) is 29.8 Å². The van der Waals surface area contributed by atoms with Crippen molar-refractivity contribution in [3.05, 3.63) is 108 Å². The topological polar surface area (TPSA) is 124 Å². The fourth-order valence-electron chi connectivity index (χ4n) is 4.11. The van der Waals surface area contributed by atoms with E-state index in [1.165, 1.54) is 67.6 Å². The summed E-state index contributed by atoms with van der Waals surface area (Å²) in [5.74, 6) is -1.53. The fourth-order valence-corrected chi connectivity index (χ4v) is 4.11. The highest BCUT2D eigenvalue weighted by Gasteiger charge is 2.70. The summed E-state index contributed by atoms with van der Waals surface area (Å²) in [6, 6.07) is 22.5. The number of hydrogen-bond acceptors (Lipinski definition) is 7. The van der Waals surface area contributed by atoms with Crippen LogP contribution in [0.25, 0.3) is 0 Å². The Morgan fingerprint density at radius 1 is 0.781 bits per heavy atom. The third-order valence-corrected chi connectivity index (χ3v) is 5.73. The van der Waals surface area contributed by atoms with Gasteiger partial charge >= 0.3 is 12.4 Å². The first-order valence-electron chi connectivity index (χ1n) is 9.91. The van der Waals surface area contributed by atoms with Gasteiger partial charge in [0.25, 0.3) is 0 Å². The predicted octanol–water partition coefficient (Wildman–Crippen LogP) is 1.73. The Bertz CT molecular complexity index is 1060. The van der Waals surface area contributed by atoms with Crippen LogP contribution in [0.3, 0.4) is 0 Å². The molecule has 4 atom stereocenters. The highest BCUT2D eigenvalue weighted by molar-refractivity contribution is 5.88. The quantitative estimate of drug-likeness (QED) is 0.241. The van der Waals surface area contributed by atoms with Crippen LogP contribution in [0.5, 0.6) is 0 Å². The van der Waals surface area contributed by atoms with Gasteiger partial charge in [0.2, 0.25) is 5.60 Å². The van der Waals surface area contributed by atoms with Gasteiger partial charge in [-0.1, -0.05) is 91.0 Å². The Morgan fingerprint density at radius 3 is 1.59 bits per heavy atom. The van der Waals surface area contributed by atoms with Crippen molar-refractivity contribution in [3.8, 4) is 0 Å². The lowest BCUT2D eigenvalue weighted by molar-refractivity contribution is -0.288. The van der Waals surface area contributed by atoms with E-state index in [1.54, 1.807) is 30.3 Å². The number of carbonyl (C=O) groups is 2. The molecule has 0 aliphatic carbocycles. The molecule has 4 unspecified atom stereocenters. The van der Waals surface area contributed by atoms with Crippen molar-refractivity contribution < 1.29 is 34.8 Å². The monoisotopic (exact) mass is 436 g/mol. The molecule has 0 radical (unpaired) electrons. The minimum absolute atomic E-state index is 0.0228. The number of hydrogen-bond donors (Lipinski definition) is 4. The zero-order chi connectivity index (χ0) is 23.4. The summed E-state index contributed by atoms with van der Waals surface area (Å²) >= 11 is 0. The smallest absolute Gasteiger partial charge is 0.353 e. The molecule has 0 spiro atoms. The van der Waals surface area contributed by atoms with Crippen LogP contribution >= 0.6 is 0 Å². The maximum atomic E-state index is 13.1. The molecule has 0 aliphatic rings. The van der Waals surface area contributed by atoms with Gasteiger partial charge in [-0.25, -0.2) is 4.79 Å². The van der Waals surface area contributed by atoms with E-state index < -0.39 is 28.9 Å². The van der Waals surface area contributed by atoms with Crippen LogP contribution in [-0.2, 0) is 31.1 Å². The summed E-state index contributed by atoms with van der Waals surface area (Å²) in [4.78, 5) is 24.2. The summed E-state index contributed by atoms with van der Waals surface area (Å²) in [5.41, 5.74) is -8.80. The van der Waals surface area contributed by atoms with Crippen molar-refractivity contribution in [2.24, 2.45) is 0 Å². The van der Waals surface area contributed by atoms with Gasteiger partial charge in [0, 0.05) is 0 Å². The molecule has 0 aliphatic heterocycles. The Balaban J connectivity index is 2.49. The Morgan fingerprint density at radius 2 is 1.19 bits per heavy atom. The second-order valence-corrected chi connectivity index (χ2v) is 7.46. The maximum absolute atomic E-state index is 13.1. The summed E-state index contributed by atoms with van der Waals surface area (Å²) in [5, 5.41) is 47.1. The first-order valence-corrected chi connectivity index (χ1v) is 9.91. The summed E-state index contributed by atoms with van der Waals surface area (Å²) in [7, 11) is 0. The van der Waals surface area contributed by atoms with E-state index in [9.17, 15) is 30.0 Å². The van der Waals surface area contributed by atoms with E-state index >= 15 is 0 Å². The first kappa shape index (κ1) is 23.3. The second kappa shape index (κ2) is 9.02. The summed E-state index contributed by atoms with van der Waals surface area (Å²) in [6.07, 6.45) is -1.70. The molecule has 7 nitrogen and oxygen atoms in total. The number of aliphatic hydroxyl groups is 4. The number of rotatable bonds is 8. The highest BCUT2D eigenvalue weighted by Crippen LogP contribution is 2.54. The normalized spacial score (nSPS) is 17.8. The molecular weight excluding hydrogens is 412 g/mol. The van der Waals surface area contributed by atoms with Crippen LogP contribution in [0.1, 0.15) is 23.6 Å². The average molecular weight is 436 g/mol. The SMILES string of the molecule is CC(O)C(O)(c1ccccc1)C(O)(c1ccccc1)C(O)(C(=O)OC=O)c1ccccc1. The molecule has 0 heterocycles. The van der Waals surface area contributed by atoms with Gasteiger partial charge in [0.05, 0.1) is 6.10 Å². The lowest BCUT2D eigenvalue weighted by atomic mass is 9.60. The molecular formula is C25H24O7. The molecule has 3 aromatic carbocycles. The third-order valence-electron chi connectivity index (χ3n) is 5.73. The number of carbonyl (C=O) groups excluding carboxylic acids is 2. The lowest BCUT2D eigenvalue weighted by Gasteiger charge is -2.52. The van der Waals surface area contributed by atoms with Crippen LogP contribution in [0.2, 0.25) is 0 Å². The van der Waals surface area contributed by atoms with Gasteiger partial charge in [-0.05, 0) is 23.6 Å². The molecule has 0 aromatic heterocycles. The third kappa shape index (κ3) is 3.41. The van der Waals surface area contributed by atoms with Gasteiger partial charge in [0.15, 0.2) is 11.2 Å². The fraction of sp³-hybridized carbons (Fsp3) is 0.200. The lowest BCUT2D eigenvalue weighted by Crippen LogP contribution is -2.68. The largest absolute Gasteiger partial charge is 0.393 e. The standard InChI is InChI=1S/C25H24O7/c1-18(27)23(29,19-11-5-2-6-12-19)25(31,21-15-9-4-10-16-21)24(30,22(28)32-17-26)20-13-7-3-8-14-20/h2-18,27,29-31H,1H3. The molecule has 0 bridgehead atoms. The molecule has 0 saturated heterocycles. The van der Waals surface area contributed by atoms with E-state index in [-0.39, 0.29) is 23.2 Å². The molecule has 166 valence electrons. The van der Waals surface area contributed by atoms with Crippen LogP contribution in [-0.4, -0.2) is 39.0 Å². The number of esters is 1. The maximum Gasteiger partial charge on any atom is 0.353 e. The van der Waals surface area contributed by atoms with E-state index in [4.69, 9.17) is 0 Å². The van der Waals surface area contributed by atoms with Crippen molar-refractivity contribution in [3.63, 3.8) is 0 Å². The first-order chi connectivity index (χ1) is 15.2. The molecule has 3 rings (SSSR count). The van der Waals surface area contributed by atoms with E-state index in [2.05, 4.69) is 4.74 Å². The molecule has 0 saturated carbocycles. The second-order valence-electron chi connectivity index (χ2n) is 7.46. The Labute approximate surface area is 185 Å². The Kier molecular flexibility index (Phi) is 6.57. The van der Waals surface area contributed by atoms with E-state index in [0.717, 1.165) is 0 Å². The number of benzene rings is 3. The highest BCUT2D eigenvalue weighted by atomic mass is 16.6. The molecule has 3 aromatic rings. The van der Waals surface area contributed by atoms with Crippen LogP contribution in [0, 0.1) is 0 Å². The molecule has 0 amide bonds. The molecule has 4 N–H and O–H groups in total. The van der Waals surface area contributed by atoms with Crippen molar-refractivity contribution in [2.75, 3.05) is 0 Å². The van der Waals surface area contributed by atoms with Gasteiger partial charge in [-0.2, -0.15) is 0 Å². The van der Waals surface area contributed by atoms with Crippen LogP contribution in [0.4, 0.5) is 0 Å². The predicted molar refractivity (Wildman–Crippen MR) is 115 cm³/mol. The summed E-state index contributed by atoms with van der Waals surface area (Å²) < 4.78 is 4.52. The average Bonchev–Trinajstić information content (AvgIpc) is 2.84. The van der Waals surface area contributed by atoms with Gasteiger partial charge in [0.1, 0.15) is 0 Å². The van der Waals surface area contributed by atoms with Crippen molar-refractivity contribution >= 4 is 12.4 Å². The van der Waals surface area contributed by atoms with Gasteiger partial charge in [-0.3, -0.25) is 4.79 Å². The van der Waals surface area contributed by atoms with E-state index in [1.807, 2.05) is 0 Å². The minimum atomic E-state index is -3.02. The number of aliphatic hydroxyl groups excluding tert-OH is 1. The van der Waals surface area contributed by atoms with Crippen molar-refractivity contribution in [1.82, 2.24) is 0 Å². The number of ether oxygens (including phenoxy) is 1. The van der Waals surface area contributed by atoms with Gasteiger partial charge in [-0.15, -0.1) is 0 Å². The zero-order valence-electron chi connectivity index (χ0n) is 17.3. The minimum Gasteiger partial charge on any atom is -0.393 e. The molecule has 0 fully saturated rings. The summed E-state index contributed by atoms with van der Waals surface area (Å²) in [6.45, 7) is 1.04. The van der Waals surface area contributed by atoms with Crippen LogP contribution < -0.4 is 0 Å². The van der Waals surface area contributed by atoms with E-state index in [0.29, 0.717) is 0 Å². The zero-order valence-corrected chi connectivity index (χ0v) is 17.3. The molecule has 7 heteroatoms. The molecule has 32 heavy (non-hydrogen) atoms. The van der Waals surface area contributed by atoms with Gasteiger partial charge < -0.3 is 25.2 Å².